The van der Waals surface area contributed by atoms with Gasteiger partial charge in [0.05, 0.1) is 16.6 Å². The fraction of sp³-hybridized carbons (Fsp3) is 0.0182. The summed E-state index contributed by atoms with van der Waals surface area (Å²) < 4.78 is 45.2. The van der Waals surface area contributed by atoms with E-state index >= 15 is 0 Å². The number of rotatable bonds is 8. The first-order valence-corrected chi connectivity index (χ1v) is 20.9. The van der Waals surface area contributed by atoms with Crippen molar-refractivity contribution in [3.63, 3.8) is 0 Å². The predicted molar refractivity (Wildman–Crippen MR) is 251 cm³/mol. The lowest BCUT2D eigenvalue weighted by Crippen LogP contribution is -2.05. The fourth-order valence-electron chi connectivity index (χ4n) is 8.23. The normalized spacial score (nSPS) is 11.6. The third-order valence-corrected chi connectivity index (χ3v) is 11.3. The molecule has 3 aromatic heterocycles. The Morgan fingerprint density at radius 1 is 0.308 bits per heavy atom. The third-order valence-electron chi connectivity index (χ3n) is 11.3. The van der Waals surface area contributed by atoms with E-state index in [0.29, 0.717) is 51.6 Å². The lowest BCUT2D eigenvalue weighted by molar-refractivity contribution is -0.137. The first-order chi connectivity index (χ1) is 31.8. The minimum atomic E-state index is -4.56. The van der Waals surface area contributed by atoms with Crippen molar-refractivity contribution in [2.75, 3.05) is 0 Å². The molecule has 0 spiro atoms. The second kappa shape index (κ2) is 16.2. The molecular formula is C55H34F3N7. The average molecular weight is 850 g/mol. The van der Waals surface area contributed by atoms with Gasteiger partial charge < -0.3 is 4.57 Å². The van der Waals surface area contributed by atoms with Crippen LogP contribution in [0.5, 0.6) is 0 Å². The number of benzene rings is 8. The molecule has 0 fully saturated rings. The monoisotopic (exact) mass is 849 g/mol. The van der Waals surface area contributed by atoms with Gasteiger partial charge in [-0.3, -0.25) is 0 Å². The standard InChI is InChI=1S/C55H34F3N7/c56-55(57,58)41-25-15-24-39(32-41)45-34-42(29-30-44(45)54-63-51(37-20-9-3-10-21-37)60-52(64-54)38-22-11-4-12-23-38)65-47-27-14-13-26-43(47)46-33-40(28-31-48(46)65)53-61-49(35-16-5-1-6-17-35)59-50(62-53)36-18-7-2-8-19-36/h1-34H. The number of aromatic nitrogens is 7. The van der Waals surface area contributed by atoms with E-state index in [9.17, 15) is 13.2 Å². The SMILES string of the molecule is FC(F)(F)c1cccc(-c2cc(-n3c4ccccc4c4cc(-c5nc(-c6ccccc6)nc(-c6ccccc6)n5)ccc43)ccc2-c2nc(-c3ccccc3)nc(-c3ccccc3)n2)c1. The van der Waals surface area contributed by atoms with Gasteiger partial charge in [-0.2, -0.15) is 13.2 Å². The highest BCUT2D eigenvalue weighted by Crippen LogP contribution is 2.40. The van der Waals surface area contributed by atoms with Crippen LogP contribution in [0, 0.1) is 0 Å². The van der Waals surface area contributed by atoms with Crippen molar-refractivity contribution >= 4 is 21.8 Å². The molecule has 0 amide bonds. The highest BCUT2D eigenvalue weighted by atomic mass is 19.4. The second-order valence-corrected chi connectivity index (χ2v) is 15.5. The van der Waals surface area contributed by atoms with Crippen LogP contribution in [0.3, 0.4) is 0 Å². The van der Waals surface area contributed by atoms with E-state index in [1.807, 2.05) is 170 Å². The Labute approximate surface area is 371 Å². The van der Waals surface area contributed by atoms with E-state index in [4.69, 9.17) is 29.9 Å². The average Bonchev–Trinajstić information content (AvgIpc) is 3.70. The van der Waals surface area contributed by atoms with E-state index in [1.165, 1.54) is 12.1 Å². The fourth-order valence-corrected chi connectivity index (χ4v) is 8.23. The van der Waals surface area contributed by atoms with Gasteiger partial charge in [-0.1, -0.05) is 152 Å². The Kier molecular flexibility index (Phi) is 9.81. The topological polar surface area (TPSA) is 82.3 Å². The molecule has 7 nitrogen and oxygen atoms in total. The van der Waals surface area contributed by atoms with Gasteiger partial charge in [-0.25, -0.2) is 29.9 Å². The molecule has 0 N–H and O–H groups in total. The summed E-state index contributed by atoms with van der Waals surface area (Å²) >= 11 is 0. The van der Waals surface area contributed by atoms with Crippen LogP contribution in [0.4, 0.5) is 13.2 Å². The van der Waals surface area contributed by atoms with Crippen molar-refractivity contribution in [2.45, 2.75) is 6.18 Å². The Bertz CT molecular complexity index is 3410. The van der Waals surface area contributed by atoms with Crippen LogP contribution in [-0.4, -0.2) is 34.5 Å². The van der Waals surface area contributed by atoms with E-state index in [0.717, 1.165) is 61.4 Å². The maximum atomic E-state index is 14.4. The quantitative estimate of drug-likeness (QED) is 0.151. The summed E-state index contributed by atoms with van der Waals surface area (Å²) in [6.07, 6.45) is -4.56. The maximum absolute atomic E-state index is 14.4. The number of halogens is 3. The summed E-state index contributed by atoms with van der Waals surface area (Å²) in [6, 6.07) is 64.2. The van der Waals surface area contributed by atoms with Crippen molar-refractivity contribution in [1.82, 2.24) is 34.5 Å². The first kappa shape index (κ1) is 39.2. The molecule has 0 saturated carbocycles. The van der Waals surface area contributed by atoms with Crippen LogP contribution >= 0.6 is 0 Å². The largest absolute Gasteiger partial charge is 0.416 e. The molecule has 3 heterocycles. The van der Waals surface area contributed by atoms with Gasteiger partial charge in [0, 0.05) is 49.8 Å². The summed E-state index contributed by atoms with van der Waals surface area (Å²) in [4.78, 5) is 29.6. The third kappa shape index (κ3) is 7.57. The molecule has 0 unspecified atom stereocenters. The highest BCUT2D eigenvalue weighted by molar-refractivity contribution is 6.10. The molecule has 11 aromatic rings. The minimum absolute atomic E-state index is 0.325. The molecule has 310 valence electrons. The maximum Gasteiger partial charge on any atom is 0.416 e. The Balaban J connectivity index is 1.11. The van der Waals surface area contributed by atoms with Crippen molar-refractivity contribution < 1.29 is 13.2 Å². The molecule has 11 rings (SSSR count). The number of alkyl halides is 3. The first-order valence-electron chi connectivity index (χ1n) is 20.9. The van der Waals surface area contributed by atoms with Crippen LogP contribution in [0.1, 0.15) is 5.56 Å². The van der Waals surface area contributed by atoms with Crippen molar-refractivity contribution in [1.29, 1.82) is 0 Å². The predicted octanol–water partition coefficient (Wildman–Crippen LogP) is 13.8. The molecule has 65 heavy (non-hydrogen) atoms. The number of hydrogen-bond donors (Lipinski definition) is 0. The zero-order chi connectivity index (χ0) is 43.9. The Morgan fingerprint density at radius 3 is 1.28 bits per heavy atom. The Morgan fingerprint density at radius 2 is 0.754 bits per heavy atom. The number of nitrogens with zero attached hydrogens (tertiary/aromatic N) is 7. The van der Waals surface area contributed by atoms with Crippen LogP contribution in [-0.2, 0) is 6.18 Å². The van der Waals surface area contributed by atoms with Gasteiger partial charge in [-0.05, 0) is 65.7 Å². The van der Waals surface area contributed by atoms with Gasteiger partial charge in [0.25, 0.3) is 0 Å². The molecule has 0 atom stereocenters. The zero-order valence-electron chi connectivity index (χ0n) is 34.4. The molecule has 0 aliphatic heterocycles. The molecule has 0 aliphatic carbocycles. The van der Waals surface area contributed by atoms with Crippen LogP contribution in [0.15, 0.2) is 206 Å². The summed E-state index contributed by atoms with van der Waals surface area (Å²) in [5.74, 6) is 2.85. The van der Waals surface area contributed by atoms with Gasteiger partial charge in [0.2, 0.25) is 0 Å². The van der Waals surface area contributed by atoms with Crippen LogP contribution < -0.4 is 0 Å². The minimum Gasteiger partial charge on any atom is -0.309 e. The summed E-state index contributed by atoms with van der Waals surface area (Å²) in [5.41, 5.74) is 7.30. The molecule has 0 radical (unpaired) electrons. The summed E-state index contributed by atoms with van der Waals surface area (Å²) in [6.45, 7) is 0. The highest BCUT2D eigenvalue weighted by Gasteiger charge is 2.31. The number of para-hydroxylation sites is 1. The van der Waals surface area contributed by atoms with Crippen molar-refractivity contribution in [2.24, 2.45) is 0 Å². The molecular weight excluding hydrogens is 816 g/mol. The molecule has 10 heteroatoms. The van der Waals surface area contributed by atoms with Crippen LogP contribution in [0.2, 0.25) is 0 Å². The van der Waals surface area contributed by atoms with Crippen molar-refractivity contribution in [3.05, 3.63) is 212 Å². The van der Waals surface area contributed by atoms with E-state index in [1.54, 1.807) is 6.07 Å². The van der Waals surface area contributed by atoms with Gasteiger partial charge in [0.15, 0.2) is 34.9 Å². The van der Waals surface area contributed by atoms with Gasteiger partial charge in [-0.15, -0.1) is 0 Å². The number of hydrogen-bond acceptors (Lipinski definition) is 6. The molecule has 0 bridgehead atoms. The zero-order valence-corrected chi connectivity index (χ0v) is 34.4. The van der Waals surface area contributed by atoms with E-state index < -0.39 is 11.7 Å². The summed E-state index contributed by atoms with van der Waals surface area (Å²) in [5, 5.41) is 1.93. The lowest BCUT2D eigenvalue weighted by Gasteiger charge is -2.16. The Hall–Kier alpha value is -8.63. The van der Waals surface area contributed by atoms with Crippen LogP contribution in [0.25, 0.3) is 107 Å². The van der Waals surface area contributed by atoms with Gasteiger partial charge in [0.1, 0.15) is 0 Å². The van der Waals surface area contributed by atoms with Gasteiger partial charge >= 0.3 is 6.18 Å². The van der Waals surface area contributed by atoms with E-state index in [2.05, 4.69) is 16.7 Å². The second-order valence-electron chi connectivity index (χ2n) is 15.5. The molecule has 0 saturated heterocycles. The van der Waals surface area contributed by atoms with E-state index in [-0.39, 0.29) is 0 Å². The van der Waals surface area contributed by atoms with Crippen molar-refractivity contribution in [3.8, 4) is 85.1 Å². The smallest absolute Gasteiger partial charge is 0.309 e. The number of fused-ring (bicyclic) bond motifs is 3. The molecule has 0 aliphatic rings. The molecule has 8 aromatic carbocycles. The lowest BCUT2D eigenvalue weighted by atomic mass is 9.96. The summed E-state index contributed by atoms with van der Waals surface area (Å²) in [7, 11) is 0.